The topological polar surface area (TPSA) is 30.7 Å². The van der Waals surface area contributed by atoms with Gasteiger partial charge in [0, 0.05) is 0 Å². The maximum atomic E-state index is 5.75. The Labute approximate surface area is 311 Å². The number of hydrogen-bond acceptors (Lipinski definition) is 2. The molecule has 0 saturated carbocycles. The molecule has 0 saturated heterocycles. The van der Waals surface area contributed by atoms with Gasteiger partial charge in [-0.2, -0.15) is 0 Å². The van der Waals surface area contributed by atoms with Gasteiger partial charge in [-0.25, -0.2) is 0 Å². The third-order valence-electron chi connectivity index (χ3n) is 11.9. The third-order valence-corrected chi connectivity index (χ3v) is 22.1. The van der Waals surface area contributed by atoms with Gasteiger partial charge < -0.3 is 0 Å². The van der Waals surface area contributed by atoms with Gasteiger partial charge in [-0.15, -0.1) is 0 Å². The van der Waals surface area contributed by atoms with E-state index >= 15 is 0 Å². The normalized spacial score (nSPS) is 14.5. The Morgan fingerprint density at radius 1 is 0.491 bits per heavy atom. The molecule has 9 aromatic rings. The number of nitrogens with zero attached hydrogens (tertiary/aromatic N) is 3. The number of benzene rings is 7. The molecular formula is C49H35GeN3. The molecule has 0 amide bonds. The van der Waals surface area contributed by atoms with E-state index in [0.29, 0.717) is 0 Å². The molecule has 2 aromatic heterocycles. The molecule has 250 valence electrons. The molecule has 7 aromatic carbocycles. The second kappa shape index (κ2) is 11.2. The van der Waals surface area contributed by atoms with Crippen LogP contribution >= 0.6 is 0 Å². The molecule has 0 bridgehead atoms. The fourth-order valence-corrected chi connectivity index (χ4v) is 20.4. The van der Waals surface area contributed by atoms with Crippen molar-refractivity contribution < 1.29 is 0 Å². The summed E-state index contributed by atoms with van der Waals surface area (Å²) in [5, 5.41) is 2.49. The first-order valence-corrected chi connectivity index (χ1v) is 22.6. The van der Waals surface area contributed by atoms with Gasteiger partial charge >= 0.3 is 313 Å². The van der Waals surface area contributed by atoms with Gasteiger partial charge in [0.2, 0.25) is 0 Å². The van der Waals surface area contributed by atoms with Gasteiger partial charge in [0.05, 0.1) is 0 Å². The van der Waals surface area contributed by atoms with Crippen LogP contribution in [-0.4, -0.2) is 27.8 Å². The van der Waals surface area contributed by atoms with Gasteiger partial charge in [0.1, 0.15) is 0 Å². The molecule has 3 nitrogen and oxygen atoms in total. The van der Waals surface area contributed by atoms with Crippen LogP contribution in [0.25, 0.3) is 61.4 Å². The zero-order valence-corrected chi connectivity index (χ0v) is 31.7. The van der Waals surface area contributed by atoms with E-state index in [-0.39, 0.29) is 5.41 Å². The summed E-state index contributed by atoms with van der Waals surface area (Å²) in [6, 6.07) is 64.8. The second-order valence-corrected chi connectivity index (χ2v) is 22.7. The van der Waals surface area contributed by atoms with Crippen molar-refractivity contribution >= 4 is 52.7 Å². The van der Waals surface area contributed by atoms with Crippen molar-refractivity contribution in [3.8, 4) is 39.6 Å². The van der Waals surface area contributed by atoms with E-state index in [0.717, 1.165) is 28.4 Å². The fraction of sp³-hybridized carbons (Fsp3) is 0.0612. The van der Waals surface area contributed by atoms with Crippen LogP contribution in [0.4, 0.5) is 0 Å². The average molecular weight is 738 g/mol. The van der Waals surface area contributed by atoms with Crippen molar-refractivity contribution in [2.24, 2.45) is 0 Å². The van der Waals surface area contributed by atoms with Crippen molar-refractivity contribution in [1.29, 1.82) is 0 Å². The molecule has 1 aliphatic carbocycles. The summed E-state index contributed by atoms with van der Waals surface area (Å²) in [5.41, 5.74) is 10.9. The van der Waals surface area contributed by atoms with E-state index in [2.05, 4.69) is 194 Å². The first-order valence-electron chi connectivity index (χ1n) is 18.4. The molecule has 2 aliphatic rings. The molecule has 0 spiro atoms. The summed E-state index contributed by atoms with van der Waals surface area (Å²) in [5.74, 6) is 1.72. The van der Waals surface area contributed by atoms with E-state index in [1.165, 1.54) is 61.7 Å². The standard InChI is InChI=1S/C49H35GeN3/c1-49(2)40-27-15-12-24-35(40)38-31-44-39(30-41(38)49)36-25-14-17-29-43(36)53(44)48-45-46(51-47(52-48)32-18-6-3-7-19-32)37-26-13-16-28-42(37)50(45,33-20-8-4-9-21-33)34-22-10-5-11-23-34/h3-31H,1-2H3. The Balaban J connectivity index is 1.35. The zero-order valence-electron chi connectivity index (χ0n) is 29.6. The van der Waals surface area contributed by atoms with Gasteiger partial charge in [-0.1, -0.05) is 0 Å². The monoisotopic (exact) mass is 739 g/mol. The van der Waals surface area contributed by atoms with Crippen LogP contribution in [0.2, 0.25) is 0 Å². The average Bonchev–Trinajstić information content (AvgIpc) is 3.79. The predicted octanol–water partition coefficient (Wildman–Crippen LogP) is 8.90. The van der Waals surface area contributed by atoms with Crippen molar-refractivity contribution in [1.82, 2.24) is 14.5 Å². The summed E-state index contributed by atoms with van der Waals surface area (Å²) >= 11 is -3.77. The summed E-state index contributed by atoms with van der Waals surface area (Å²) < 4.78 is 7.92. The summed E-state index contributed by atoms with van der Waals surface area (Å²) in [7, 11) is 0. The molecule has 53 heavy (non-hydrogen) atoms. The second-order valence-electron chi connectivity index (χ2n) is 14.9. The van der Waals surface area contributed by atoms with E-state index in [4.69, 9.17) is 9.97 Å². The van der Waals surface area contributed by atoms with Crippen LogP contribution < -0.4 is 17.6 Å². The van der Waals surface area contributed by atoms with Gasteiger partial charge in [0.15, 0.2) is 0 Å². The van der Waals surface area contributed by atoms with Crippen LogP contribution in [0.5, 0.6) is 0 Å². The van der Waals surface area contributed by atoms with E-state index in [9.17, 15) is 0 Å². The maximum absolute atomic E-state index is 5.75. The van der Waals surface area contributed by atoms with Crippen LogP contribution in [-0.2, 0) is 5.41 Å². The number of hydrogen-bond donors (Lipinski definition) is 0. The summed E-state index contributed by atoms with van der Waals surface area (Å²) in [6.07, 6.45) is 0. The molecule has 4 heteroatoms. The van der Waals surface area contributed by atoms with Gasteiger partial charge in [-0.3, -0.25) is 0 Å². The van der Waals surface area contributed by atoms with E-state index < -0.39 is 13.3 Å². The van der Waals surface area contributed by atoms with Crippen LogP contribution in [0.15, 0.2) is 176 Å². The third kappa shape index (κ3) is 4.11. The Morgan fingerprint density at radius 2 is 1.09 bits per heavy atom. The predicted molar refractivity (Wildman–Crippen MR) is 222 cm³/mol. The molecule has 0 fully saturated rings. The molecule has 0 unspecified atom stereocenters. The minimum atomic E-state index is -3.77. The molecular weight excluding hydrogens is 703 g/mol. The fourth-order valence-electron chi connectivity index (χ4n) is 9.55. The first-order chi connectivity index (χ1) is 26.1. The number of aromatic nitrogens is 3. The van der Waals surface area contributed by atoms with Crippen molar-refractivity contribution in [3.63, 3.8) is 0 Å². The van der Waals surface area contributed by atoms with Crippen LogP contribution in [0.3, 0.4) is 0 Å². The first kappa shape index (κ1) is 30.6. The van der Waals surface area contributed by atoms with Crippen LogP contribution in [0.1, 0.15) is 25.0 Å². The SMILES string of the molecule is CC1(C)c2ccccc2-c2cc3c(cc21)c1ccccc1n3-c1nc(-c2ccccc2)nc2[c]1[Ge]([c]1ccccc1)([c]1ccccc1)[c]1ccccc1-2. The Morgan fingerprint density at radius 3 is 1.83 bits per heavy atom. The van der Waals surface area contributed by atoms with Crippen molar-refractivity contribution in [3.05, 3.63) is 187 Å². The van der Waals surface area contributed by atoms with Gasteiger partial charge in [-0.05, 0) is 0 Å². The number of rotatable bonds is 4. The minimum absolute atomic E-state index is 0.104. The van der Waals surface area contributed by atoms with E-state index in [1.807, 2.05) is 0 Å². The Bertz CT molecular complexity index is 2870. The molecule has 1 aliphatic heterocycles. The summed E-state index contributed by atoms with van der Waals surface area (Å²) in [4.78, 5) is 11.3. The number of para-hydroxylation sites is 1. The molecule has 3 heterocycles. The molecule has 0 N–H and O–H groups in total. The Hall–Kier alpha value is -6.04. The molecule has 11 rings (SSSR count). The quantitative estimate of drug-likeness (QED) is 0.169. The van der Waals surface area contributed by atoms with Crippen molar-refractivity contribution in [2.45, 2.75) is 19.3 Å². The van der Waals surface area contributed by atoms with Gasteiger partial charge in [0.25, 0.3) is 0 Å². The summed E-state index contributed by atoms with van der Waals surface area (Å²) in [6.45, 7) is 4.73. The van der Waals surface area contributed by atoms with Crippen molar-refractivity contribution in [2.75, 3.05) is 0 Å². The Kier molecular flexibility index (Phi) is 6.48. The number of fused-ring (bicyclic) bond motifs is 9. The van der Waals surface area contributed by atoms with Crippen LogP contribution in [0, 0.1) is 0 Å². The molecule has 0 radical (unpaired) electrons. The van der Waals surface area contributed by atoms with E-state index in [1.54, 1.807) is 0 Å². The molecule has 0 atom stereocenters. The zero-order chi connectivity index (χ0) is 35.3.